The van der Waals surface area contributed by atoms with Crippen LogP contribution in [0.4, 0.5) is 0 Å². The van der Waals surface area contributed by atoms with Gasteiger partial charge in [0.05, 0.1) is 7.11 Å². The van der Waals surface area contributed by atoms with Gasteiger partial charge in [-0.3, -0.25) is 0 Å². The molecule has 0 amide bonds. The van der Waals surface area contributed by atoms with Crippen LogP contribution in [0.2, 0.25) is 0 Å². The highest BCUT2D eigenvalue weighted by Gasteiger charge is 2.14. The molecular weight excluding hydrogens is 134 g/mol. The Morgan fingerprint density at radius 1 is 1.78 bits per heavy atom. The zero-order chi connectivity index (χ0) is 6.69. The van der Waals surface area contributed by atoms with E-state index < -0.39 is 0 Å². The Hall–Kier alpha value is -0.620. The quantitative estimate of drug-likeness (QED) is 0.555. The Balaban J connectivity index is 2.73. The molecule has 0 bridgehead atoms. The van der Waals surface area contributed by atoms with Crippen molar-refractivity contribution in [3.63, 3.8) is 0 Å². The number of hydrogen-bond acceptors (Lipinski definition) is 3. The molecule has 0 aromatic carbocycles. The van der Waals surface area contributed by atoms with Crippen LogP contribution < -0.4 is 0 Å². The van der Waals surface area contributed by atoms with Gasteiger partial charge in [-0.15, -0.1) is 11.8 Å². The molecule has 1 heterocycles. The van der Waals surface area contributed by atoms with Gasteiger partial charge in [0.2, 0.25) is 0 Å². The molecule has 0 aromatic heterocycles. The molecule has 0 N–H and O–H groups in total. The van der Waals surface area contributed by atoms with E-state index in [2.05, 4.69) is 6.07 Å². The molecule has 2 nitrogen and oxygen atoms in total. The average molecular weight is 141 g/mol. The molecule has 9 heavy (non-hydrogen) atoms. The normalized spacial score (nSPS) is 17.8. The van der Waals surface area contributed by atoms with Crippen LogP contribution in [-0.2, 0) is 4.74 Å². The zero-order valence-corrected chi connectivity index (χ0v) is 5.99. The first kappa shape index (κ1) is 6.50. The van der Waals surface area contributed by atoms with E-state index in [4.69, 9.17) is 10.00 Å². The average Bonchev–Trinajstić information content (AvgIpc) is 2.33. The maximum absolute atomic E-state index is 8.46. The van der Waals surface area contributed by atoms with Crippen LogP contribution >= 0.6 is 11.8 Å². The van der Waals surface area contributed by atoms with Crippen molar-refractivity contribution in [1.82, 2.24) is 0 Å². The summed E-state index contributed by atoms with van der Waals surface area (Å²) >= 11 is 1.57. The van der Waals surface area contributed by atoms with Crippen molar-refractivity contribution in [2.75, 3.05) is 12.9 Å². The molecule has 0 aromatic rings. The number of methoxy groups -OCH3 is 1. The second-order valence-electron chi connectivity index (χ2n) is 1.67. The van der Waals surface area contributed by atoms with E-state index in [-0.39, 0.29) is 0 Å². The summed E-state index contributed by atoms with van der Waals surface area (Å²) in [6.07, 6.45) is 0.907. The Labute approximate surface area is 58.5 Å². The minimum atomic E-state index is 0.748. The predicted octanol–water partition coefficient (Wildman–Crippen LogP) is 1.50. The van der Waals surface area contributed by atoms with Crippen LogP contribution in [0.25, 0.3) is 0 Å². The van der Waals surface area contributed by atoms with Crippen molar-refractivity contribution in [3.8, 4) is 6.07 Å². The summed E-state index contributed by atoms with van der Waals surface area (Å²) in [5.41, 5.74) is 0. The van der Waals surface area contributed by atoms with E-state index in [9.17, 15) is 0 Å². The van der Waals surface area contributed by atoms with E-state index in [0.717, 1.165) is 22.8 Å². The highest BCUT2D eigenvalue weighted by atomic mass is 32.2. The summed E-state index contributed by atoms with van der Waals surface area (Å²) in [6.45, 7) is 0. The molecule has 0 spiro atoms. The fourth-order valence-electron chi connectivity index (χ4n) is 0.729. The smallest absolute Gasteiger partial charge is 0.123 e. The third kappa shape index (κ3) is 1.19. The Morgan fingerprint density at radius 2 is 2.56 bits per heavy atom. The summed E-state index contributed by atoms with van der Waals surface area (Å²) in [5, 5.41) is 8.46. The molecule has 0 saturated heterocycles. The summed E-state index contributed by atoms with van der Waals surface area (Å²) < 4.78 is 4.95. The zero-order valence-electron chi connectivity index (χ0n) is 5.18. The highest BCUT2D eigenvalue weighted by Crippen LogP contribution is 2.30. The van der Waals surface area contributed by atoms with Crippen molar-refractivity contribution in [3.05, 3.63) is 10.7 Å². The van der Waals surface area contributed by atoms with Crippen molar-refractivity contribution in [2.45, 2.75) is 6.42 Å². The molecule has 0 unspecified atom stereocenters. The minimum absolute atomic E-state index is 0.748. The monoisotopic (exact) mass is 141 g/mol. The van der Waals surface area contributed by atoms with Crippen LogP contribution in [0.5, 0.6) is 0 Å². The first-order valence-corrected chi connectivity index (χ1v) is 3.67. The Bertz CT molecular complexity index is 180. The van der Waals surface area contributed by atoms with E-state index in [1.165, 1.54) is 0 Å². The van der Waals surface area contributed by atoms with Gasteiger partial charge in [0, 0.05) is 12.2 Å². The van der Waals surface area contributed by atoms with Crippen molar-refractivity contribution in [2.24, 2.45) is 0 Å². The van der Waals surface area contributed by atoms with Crippen LogP contribution in [0.1, 0.15) is 6.42 Å². The van der Waals surface area contributed by atoms with E-state index in [1.54, 1.807) is 18.9 Å². The summed E-state index contributed by atoms with van der Waals surface area (Å²) in [5.74, 6) is 1.84. The first-order chi connectivity index (χ1) is 4.38. The van der Waals surface area contributed by atoms with Gasteiger partial charge in [-0.05, 0) is 0 Å². The lowest BCUT2D eigenvalue weighted by Gasteiger charge is -1.95. The number of hydrogen-bond donors (Lipinski definition) is 0. The fraction of sp³-hybridized carbons (Fsp3) is 0.500. The first-order valence-electron chi connectivity index (χ1n) is 2.68. The number of ether oxygens (including phenoxy) is 1. The second-order valence-corrected chi connectivity index (χ2v) is 2.77. The van der Waals surface area contributed by atoms with Crippen molar-refractivity contribution < 1.29 is 4.74 Å². The molecule has 0 radical (unpaired) electrons. The van der Waals surface area contributed by atoms with Gasteiger partial charge >= 0.3 is 0 Å². The van der Waals surface area contributed by atoms with Crippen molar-refractivity contribution >= 4 is 11.8 Å². The van der Waals surface area contributed by atoms with Gasteiger partial charge in [-0.2, -0.15) is 5.26 Å². The van der Waals surface area contributed by atoms with Gasteiger partial charge in [0.25, 0.3) is 0 Å². The van der Waals surface area contributed by atoms with Crippen LogP contribution in [0.15, 0.2) is 10.7 Å². The van der Waals surface area contributed by atoms with E-state index >= 15 is 0 Å². The molecule has 1 aliphatic heterocycles. The molecule has 0 atom stereocenters. The third-order valence-corrected chi connectivity index (χ3v) is 2.19. The lowest BCUT2D eigenvalue weighted by atomic mass is 10.4. The topological polar surface area (TPSA) is 33.0 Å². The summed E-state index contributed by atoms with van der Waals surface area (Å²) in [4.78, 5) is 0.748. The molecule has 0 saturated carbocycles. The number of allylic oxidation sites excluding steroid dienone is 2. The third-order valence-electron chi connectivity index (χ3n) is 1.18. The van der Waals surface area contributed by atoms with Crippen LogP contribution in [-0.4, -0.2) is 12.9 Å². The lowest BCUT2D eigenvalue weighted by molar-refractivity contribution is 0.282. The molecule has 0 aliphatic carbocycles. The Kier molecular flexibility index (Phi) is 2.01. The van der Waals surface area contributed by atoms with Gasteiger partial charge in [0.15, 0.2) is 0 Å². The molecule has 48 valence electrons. The largest absolute Gasteiger partial charge is 0.499 e. The molecule has 0 fully saturated rings. The van der Waals surface area contributed by atoms with Crippen LogP contribution in [0, 0.1) is 11.3 Å². The number of rotatable bonds is 1. The standard InChI is InChI=1S/C6H7NOS/c1-8-5-2-3-9-6(5)4-7/h2-3H2,1H3. The highest BCUT2D eigenvalue weighted by molar-refractivity contribution is 8.03. The van der Waals surface area contributed by atoms with Crippen molar-refractivity contribution in [1.29, 1.82) is 5.26 Å². The van der Waals surface area contributed by atoms with Gasteiger partial charge in [-0.1, -0.05) is 0 Å². The number of nitriles is 1. The van der Waals surface area contributed by atoms with Gasteiger partial charge in [0.1, 0.15) is 16.7 Å². The second kappa shape index (κ2) is 2.79. The van der Waals surface area contributed by atoms with Crippen LogP contribution in [0.3, 0.4) is 0 Å². The summed E-state index contributed by atoms with van der Waals surface area (Å²) in [6, 6.07) is 2.08. The van der Waals surface area contributed by atoms with E-state index in [0.29, 0.717) is 0 Å². The summed E-state index contributed by atoms with van der Waals surface area (Å²) in [7, 11) is 1.61. The molecule has 1 rings (SSSR count). The molecule has 3 heteroatoms. The van der Waals surface area contributed by atoms with Gasteiger partial charge in [-0.25, -0.2) is 0 Å². The maximum Gasteiger partial charge on any atom is 0.123 e. The fourth-order valence-corrected chi connectivity index (χ4v) is 1.63. The SMILES string of the molecule is COC1=C(C#N)SCC1. The molecule has 1 aliphatic rings. The molecular formula is C6H7NOS. The van der Waals surface area contributed by atoms with Gasteiger partial charge < -0.3 is 4.74 Å². The Morgan fingerprint density at radius 3 is 3.00 bits per heavy atom. The maximum atomic E-state index is 8.46. The lowest BCUT2D eigenvalue weighted by Crippen LogP contribution is -1.83. The van der Waals surface area contributed by atoms with E-state index in [1.807, 2.05) is 0 Å². The number of nitrogens with zero attached hydrogens (tertiary/aromatic N) is 1. The predicted molar refractivity (Wildman–Crippen MR) is 36.7 cm³/mol. The minimum Gasteiger partial charge on any atom is -0.499 e. The number of thioether (sulfide) groups is 1.